The van der Waals surface area contributed by atoms with Crippen molar-refractivity contribution in [3.05, 3.63) is 33.9 Å². The van der Waals surface area contributed by atoms with Gasteiger partial charge in [0.1, 0.15) is 5.69 Å². The number of anilines is 1. The van der Waals surface area contributed by atoms with Gasteiger partial charge in [-0.3, -0.25) is 14.9 Å². The monoisotopic (exact) mass is 295 g/mol. The molecule has 0 heterocycles. The zero-order valence-corrected chi connectivity index (χ0v) is 12.2. The van der Waals surface area contributed by atoms with Gasteiger partial charge in [0.25, 0.3) is 11.6 Å². The molecule has 21 heavy (non-hydrogen) atoms. The summed E-state index contributed by atoms with van der Waals surface area (Å²) in [5.74, 6) is -0.353. The van der Waals surface area contributed by atoms with E-state index >= 15 is 0 Å². The number of benzene rings is 1. The molecule has 4 N–H and O–H groups in total. The zero-order valence-electron chi connectivity index (χ0n) is 12.2. The minimum atomic E-state index is -0.634. The van der Waals surface area contributed by atoms with Crippen LogP contribution in [-0.2, 0) is 0 Å². The van der Waals surface area contributed by atoms with Crippen molar-refractivity contribution in [2.75, 3.05) is 12.3 Å². The van der Waals surface area contributed by atoms with Crippen molar-refractivity contribution in [2.24, 2.45) is 5.92 Å². The number of aliphatic hydroxyl groups is 1. The summed E-state index contributed by atoms with van der Waals surface area (Å²) in [6.07, 6.45) is 1.01. The molecule has 1 amide bonds. The number of amides is 1. The van der Waals surface area contributed by atoms with Crippen molar-refractivity contribution < 1.29 is 14.8 Å². The number of nitrogen functional groups attached to an aromatic ring is 1. The fraction of sp³-hybridized carbons (Fsp3) is 0.500. The van der Waals surface area contributed by atoms with Crippen LogP contribution in [-0.4, -0.2) is 28.6 Å². The number of nitrogens with zero attached hydrogens (tertiary/aromatic N) is 1. The Kier molecular flexibility index (Phi) is 6.10. The fourth-order valence-electron chi connectivity index (χ4n) is 2.14. The van der Waals surface area contributed by atoms with Crippen molar-refractivity contribution in [3.63, 3.8) is 0 Å². The first-order valence-corrected chi connectivity index (χ1v) is 6.90. The summed E-state index contributed by atoms with van der Waals surface area (Å²) >= 11 is 0. The number of hydrogen-bond donors (Lipinski definition) is 3. The van der Waals surface area contributed by atoms with Crippen LogP contribution in [0, 0.1) is 16.0 Å². The second kappa shape index (κ2) is 7.58. The molecule has 0 radical (unpaired) electrons. The molecule has 1 rings (SSSR count). The smallest absolute Gasteiger partial charge is 0.292 e. The van der Waals surface area contributed by atoms with Crippen LogP contribution in [0.5, 0.6) is 0 Å². The van der Waals surface area contributed by atoms with Gasteiger partial charge in [0.15, 0.2) is 0 Å². The Labute approximate surface area is 123 Å². The molecule has 0 aliphatic carbocycles. The van der Waals surface area contributed by atoms with E-state index in [4.69, 9.17) is 5.73 Å². The third-order valence-corrected chi connectivity index (χ3v) is 3.55. The number of carbonyl (C=O) groups excluding carboxylic acids is 1. The van der Waals surface area contributed by atoms with Crippen LogP contribution in [0.2, 0.25) is 0 Å². The molecular weight excluding hydrogens is 274 g/mol. The Balaban J connectivity index is 2.72. The summed E-state index contributed by atoms with van der Waals surface area (Å²) in [6, 6.07) is 3.87. The molecule has 0 fully saturated rings. The molecule has 1 atom stereocenters. The van der Waals surface area contributed by atoms with Gasteiger partial charge in [-0.2, -0.15) is 0 Å². The van der Waals surface area contributed by atoms with Gasteiger partial charge in [-0.25, -0.2) is 0 Å². The van der Waals surface area contributed by atoms with Crippen molar-refractivity contribution in [1.82, 2.24) is 5.32 Å². The highest BCUT2D eigenvalue weighted by molar-refractivity contribution is 5.95. The Morgan fingerprint density at radius 3 is 2.57 bits per heavy atom. The van der Waals surface area contributed by atoms with Gasteiger partial charge < -0.3 is 16.2 Å². The van der Waals surface area contributed by atoms with E-state index in [1.807, 2.05) is 13.8 Å². The number of carbonyl (C=O) groups is 1. The van der Waals surface area contributed by atoms with Crippen molar-refractivity contribution in [3.8, 4) is 0 Å². The number of nitrogens with two attached hydrogens (primary N) is 1. The molecule has 0 aliphatic rings. The lowest BCUT2D eigenvalue weighted by Gasteiger charge is -2.20. The first-order valence-electron chi connectivity index (χ1n) is 6.90. The maximum Gasteiger partial charge on any atom is 0.292 e. The number of nitro benzene ring substituents is 1. The van der Waals surface area contributed by atoms with Crippen LogP contribution in [0.15, 0.2) is 18.2 Å². The summed E-state index contributed by atoms with van der Waals surface area (Å²) < 4.78 is 0. The molecule has 116 valence electrons. The first kappa shape index (κ1) is 16.9. The van der Waals surface area contributed by atoms with Crippen LogP contribution in [0.3, 0.4) is 0 Å². The third-order valence-electron chi connectivity index (χ3n) is 3.55. The second-order valence-electron chi connectivity index (χ2n) is 4.88. The average molecular weight is 295 g/mol. The largest absolute Gasteiger partial charge is 0.393 e. The molecule has 7 heteroatoms. The highest BCUT2D eigenvalue weighted by Crippen LogP contribution is 2.22. The Bertz CT molecular complexity index is 515. The minimum absolute atomic E-state index is 0.00798. The van der Waals surface area contributed by atoms with Gasteiger partial charge >= 0.3 is 0 Å². The Morgan fingerprint density at radius 1 is 1.43 bits per heavy atom. The molecular formula is C14H21N3O4. The number of rotatable bonds is 7. The van der Waals surface area contributed by atoms with Gasteiger partial charge in [0, 0.05) is 18.2 Å². The minimum Gasteiger partial charge on any atom is -0.393 e. The van der Waals surface area contributed by atoms with Crippen LogP contribution in [0.1, 0.15) is 37.0 Å². The van der Waals surface area contributed by atoms with E-state index < -0.39 is 16.9 Å². The summed E-state index contributed by atoms with van der Waals surface area (Å²) in [6.45, 7) is 4.06. The molecule has 1 aromatic rings. The van der Waals surface area contributed by atoms with Gasteiger partial charge in [-0.05, 0) is 18.1 Å². The van der Waals surface area contributed by atoms with E-state index in [1.165, 1.54) is 12.1 Å². The van der Waals surface area contributed by atoms with Crippen molar-refractivity contribution in [2.45, 2.75) is 32.8 Å². The van der Waals surface area contributed by atoms with Crippen LogP contribution >= 0.6 is 0 Å². The van der Waals surface area contributed by atoms with E-state index in [9.17, 15) is 20.0 Å². The number of hydrogen-bond acceptors (Lipinski definition) is 5. The standard InChI is InChI=1S/C14H21N3O4/c1-3-9(4-2)13(18)8-16-14(19)10-5-6-11(15)12(7-10)17(20)21/h5-7,9,13,18H,3-4,8,15H2,1-2H3,(H,16,19). The second-order valence-corrected chi connectivity index (χ2v) is 4.88. The molecule has 0 aromatic heterocycles. The van der Waals surface area contributed by atoms with Crippen molar-refractivity contribution >= 4 is 17.3 Å². The SMILES string of the molecule is CCC(CC)C(O)CNC(=O)c1ccc(N)c([N+](=O)[O-])c1. The highest BCUT2D eigenvalue weighted by Gasteiger charge is 2.19. The summed E-state index contributed by atoms with van der Waals surface area (Å²) in [4.78, 5) is 22.1. The lowest BCUT2D eigenvalue weighted by molar-refractivity contribution is -0.383. The quantitative estimate of drug-likeness (QED) is 0.402. The average Bonchev–Trinajstić information content (AvgIpc) is 2.46. The maximum absolute atomic E-state index is 11.9. The Hall–Kier alpha value is -2.15. The third kappa shape index (κ3) is 4.42. The van der Waals surface area contributed by atoms with E-state index in [0.29, 0.717) is 0 Å². The first-order chi connectivity index (χ1) is 9.90. The topological polar surface area (TPSA) is 118 Å². The number of nitrogens with one attached hydrogen (secondary N) is 1. The lowest BCUT2D eigenvalue weighted by Crippen LogP contribution is -2.36. The van der Waals surface area contributed by atoms with Crippen molar-refractivity contribution in [1.29, 1.82) is 0 Å². The number of nitro groups is 1. The zero-order chi connectivity index (χ0) is 16.0. The van der Waals surface area contributed by atoms with E-state index in [-0.39, 0.29) is 29.4 Å². The predicted molar refractivity (Wildman–Crippen MR) is 79.9 cm³/mol. The summed E-state index contributed by atoms with van der Waals surface area (Å²) in [5.41, 5.74) is 5.33. The van der Waals surface area contributed by atoms with Gasteiger partial charge in [0.05, 0.1) is 11.0 Å². The lowest BCUT2D eigenvalue weighted by atomic mass is 9.96. The van der Waals surface area contributed by atoms with E-state index in [1.54, 1.807) is 0 Å². The molecule has 7 nitrogen and oxygen atoms in total. The van der Waals surface area contributed by atoms with Gasteiger partial charge in [-0.1, -0.05) is 26.7 Å². The van der Waals surface area contributed by atoms with Crippen LogP contribution < -0.4 is 11.1 Å². The molecule has 0 saturated carbocycles. The molecule has 0 saturated heterocycles. The van der Waals surface area contributed by atoms with Gasteiger partial charge in [-0.15, -0.1) is 0 Å². The van der Waals surface area contributed by atoms with Crippen LogP contribution in [0.4, 0.5) is 11.4 Å². The maximum atomic E-state index is 11.9. The predicted octanol–water partition coefficient (Wildman–Crippen LogP) is 1.70. The molecule has 1 aromatic carbocycles. The molecule has 0 aliphatic heterocycles. The number of aliphatic hydroxyl groups excluding tert-OH is 1. The van der Waals surface area contributed by atoms with E-state index in [0.717, 1.165) is 18.9 Å². The van der Waals surface area contributed by atoms with E-state index in [2.05, 4.69) is 5.32 Å². The Morgan fingerprint density at radius 2 is 2.05 bits per heavy atom. The fourth-order valence-corrected chi connectivity index (χ4v) is 2.14. The van der Waals surface area contributed by atoms with Gasteiger partial charge in [0.2, 0.25) is 0 Å². The normalized spacial score (nSPS) is 12.2. The molecule has 1 unspecified atom stereocenters. The molecule has 0 bridgehead atoms. The highest BCUT2D eigenvalue weighted by atomic mass is 16.6. The summed E-state index contributed by atoms with van der Waals surface area (Å²) in [7, 11) is 0. The van der Waals surface area contributed by atoms with Crippen LogP contribution in [0.25, 0.3) is 0 Å². The summed E-state index contributed by atoms with van der Waals surface area (Å²) in [5, 5.41) is 23.3. The molecule has 0 spiro atoms.